The molecule has 0 fully saturated rings. The Kier molecular flexibility index (Phi) is 4.22. The van der Waals surface area contributed by atoms with Gasteiger partial charge in [0.2, 0.25) is 0 Å². The van der Waals surface area contributed by atoms with Crippen LogP contribution in [0.2, 0.25) is 5.02 Å². The van der Waals surface area contributed by atoms with E-state index in [1.165, 1.54) is 12.1 Å². The van der Waals surface area contributed by atoms with Gasteiger partial charge in [-0.05, 0) is 17.7 Å². The van der Waals surface area contributed by atoms with Crippen molar-refractivity contribution in [3.8, 4) is 0 Å². The van der Waals surface area contributed by atoms with Gasteiger partial charge < -0.3 is 0 Å². The van der Waals surface area contributed by atoms with Crippen molar-refractivity contribution in [2.75, 3.05) is 5.33 Å². The second kappa shape index (κ2) is 5.03. The lowest BCUT2D eigenvalue weighted by molar-refractivity contribution is -0.137. The largest absolute Gasteiger partial charge is 0.417 e. The summed E-state index contributed by atoms with van der Waals surface area (Å²) in [6.45, 7) is 0. The molecule has 1 rings (SSSR count). The van der Waals surface area contributed by atoms with E-state index in [2.05, 4.69) is 15.9 Å². The predicted molar refractivity (Wildman–Crippen MR) is 59.3 cm³/mol. The molecule has 0 amide bonds. The summed E-state index contributed by atoms with van der Waals surface area (Å²) in [5, 5.41) is 0.315. The van der Waals surface area contributed by atoms with Crippen LogP contribution in [0, 0.1) is 0 Å². The number of benzene rings is 1. The van der Waals surface area contributed by atoms with Gasteiger partial charge in [0.05, 0.1) is 10.6 Å². The molecule has 82 valence electrons. The molecule has 0 N–H and O–H groups in total. The lowest BCUT2D eigenvalue weighted by Crippen LogP contribution is -2.05. The second-order valence-electron chi connectivity index (χ2n) is 2.79. The number of allylic oxidation sites excluding steroid dienone is 1. The van der Waals surface area contributed by atoms with Gasteiger partial charge >= 0.3 is 6.18 Å². The first-order chi connectivity index (χ1) is 6.95. The number of hydrogen-bond donors (Lipinski definition) is 0. The van der Waals surface area contributed by atoms with E-state index >= 15 is 0 Å². The van der Waals surface area contributed by atoms with Crippen LogP contribution in [-0.4, -0.2) is 5.33 Å². The number of rotatable bonds is 2. The highest BCUT2D eigenvalue weighted by atomic mass is 79.9. The lowest BCUT2D eigenvalue weighted by Gasteiger charge is -2.09. The Bertz CT molecular complexity index is 371. The van der Waals surface area contributed by atoms with E-state index in [-0.39, 0.29) is 5.02 Å². The molecule has 0 spiro atoms. The van der Waals surface area contributed by atoms with Gasteiger partial charge in [0.15, 0.2) is 0 Å². The Balaban J connectivity index is 3.11. The third kappa shape index (κ3) is 3.54. The number of hydrogen-bond acceptors (Lipinski definition) is 0. The van der Waals surface area contributed by atoms with E-state index in [4.69, 9.17) is 11.6 Å². The van der Waals surface area contributed by atoms with E-state index in [0.29, 0.717) is 10.9 Å². The van der Waals surface area contributed by atoms with Crippen molar-refractivity contribution in [2.24, 2.45) is 0 Å². The van der Waals surface area contributed by atoms with Crippen molar-refractivity contribution in [1.82, 2.24) is 0 Å². The molecule has 0 nitrogen and oxygen atoms in total. The van der Waals surface area contributed by atoms with Gasteiger partial charge in [-0.1, -0.05) is 45.7 Å². The molecule has 0 heterocycles. The first-order valence-corrected chi connectivity index (χ1v) is 5.54. The van der Waals surface area contributed by atoms with E-state index in [0.717, 1.165) is 6.07 Å². The van der Waals surface area contributed by atoms with Crippen LogP contribution in [0.5, 0.6) is 0 Å². The standard InChI is InChI=1S/C10H7BrClF3/c11-5-1-2-7-3-4-9(12)8(6-7)10(13,14)15/h1-4,6H,5H2. The maximum absolute atomic E-state index is 12.4. The number of alkyl halides is 4. The molecule has 1 aromatic rings. The summed E-state index contributed by atoms with van der Waals surface area (Å²) in [5.74, 6) is 0. The SMILES string of the molecule is FC(F)(F)c1cc(C=CCBr)ccc1Cl. The molecule has 0 bridgehead atoms. The van der Waals surface area contributed by atoms with Crippen molar-refractivity contribution >= 4 is 33.6 Å². The lowest BCUT2D eigenvalue weighted by atomic mass is 10.1. The highest BCUT2D eigenvalue weighted by Crippen LogP contribution is 2.35. The van der Waals surface area contributed by atoms with Crippen LogP contribution in [0.3, 0.4) is 0 Å². The molecule has 0 aliphatic rings. The zero-order valence-electron chi connectivity index (χ0n) is 7.48. The smallest absolute Gasteiger partial charge is 0.166 e. The third-order valence-corrected chi connectivity index (χ3v) is 2.40. The van der Waals surface area contributed by atoms with Crippen molar-refractivity contribution in [3.63, 3.8) is 0 Å². The molecular formula is C10H7BrClF3. The van der Waals surface area contributed by atoms with Crippen LogP contribution in [0.25, 0.3) is 6.08 Å². The minimum atomic E-state index is -4.41. The summed E-state index contributed by atoms with van der Waals surface area (Å²) in [5.41, 5.74) is -0.327. The van der Waals surface area contributed by atoms with Crippen molar-refractivity contribution < 1.29 is 13.2 Å². The third-order valence-electron chi connectivity index (χ3n) is 1.70. The zero-order valence-corrected chi connectivity index (χ0v) is 9.83. The monoisotopic (exact) mass is 298 g/mol. The average Bonchev–Trinajstić information content (AvgIpc) is 2.15. The molecule has 0 unspecified atom stereocenters. The summed E-state index contributed by atoms with van der Waals surface area (Å²) in [7, 11) is 0. The normalized spacial score (nSPS) is 12.3. The van der Waals surface area contributed by atoms with Gasteiger partial charge in [-0.2, -0.15) is 13.2 Å². The Hall–Kier alpha value is -0.480. The fraction of sp³-hybridized carbons (Fsp3) is 0.200. The van der Waals surface area contributed by atoms with Gasteiger partial charge in [0.25, 0.3) is 0 Å². The second-order valence-corrected chi connectivity index (χ2v) is 3.85. The van der Waals surface area contributed by atoms with Crippen LogP contribution >= 0.6 is 27.5 Å². The van der Waals surface area contributed by atoms with E-state index in [1.54, 1.807) is 12.2 Å². The van der Waals surface area contributed by atoms with Gasteiger partial charge in [0.1, 0.15) is 0 Å². The van der Waals surface area contributed by atoms with Crippen LogP contribution in [-0.2, 0) is 6.18 Å². The molecule has 5 heteroatoms. The Morgan fingerprint density at radius 3 is 2.53 bits per heavy atom. The molecule has 0 aliphatic carbocycles. The van der Waals surface area contributed by atoms with E-state index < -0.39 is 11.7 Å². The number of halogens is 5. The summed E-state index contributed by atoms with van der Waals surface area (Å²) in [6, 6.07) is 3.82. The van der Waals surface area contributed by atoms with Crippen LogP contribution < -0.4 is 0 Å². The highest BCUT2D eigenvalue weighted by Gasteiger charge is 2.33. The van der Waals surface area contributed by atoms with E-state index in [1.807, 2.05) is 0 Å². The maximum Gasteiger partial charge on any atom is 0.417 e. The first-order valence-electron chi connectivity index (χ1n) is 4.04. The average molecular weight is 300 g/mol. The molecule has 0 aromatic heterocycles. The van der Waals surface area contributed by atoms with E-state index in [9.17, 15) is 13.2 Å². The van der Waals surface area contributed by atoms with Gasteiger partial charge in [-0.15, -0.1) is 0 Å². The molecule has 15 heavy (non-hydrogen) atoms. The summed E-state index contributed by atoms with van der Waals surface area (Å²) in [4.78, 5) is 0. The Labute approximate surface area is 98.9 Å². The zero-order chi connectivity index (χ0) is 11.5. The molecule has 0 saturated carbocycles. The fourth-order valence-electron chi connectivity index (χ4n) is 1.04. The quantitative estimate of drug-likeness (QED) is 0.690. The molecular weight excluding hydrogens is 292 g/mol. The van der Waals surface area contributed by atoms with Crippen LogP contribution in [0.1, 0.15) is 11.1 Å². The minimum Gasteiger partial charge on any atom is -0.166 e. The molecule has 0 atom stereocenters. The molecule has 0 aliphatic heterocycles. The van der Waals surface area contributed by atoms with Crippen LogP contribution in [0.15, 0.2) is 24.3 Å². The summed E-state index contributed by atoms with van der Waals surface area (Å²) >= 11 is 8.61. The predicted octanol–water partition coefficient (Wildman–Crippen LogP) is 4.77. The Morgan fingerprint density at radius 2 is 2.00 bits per heavy atom. The van der Waals surface area contributed by atoms with Gasteiger partial charge in [-0.3, -0.25) is 0 Å². The van der Waals surface area contributed by atoms with Crippen molar-refractivity contribution in [3.05, 3.63) is 40.4 Å². The first kappa shape index (κ1) is 12.6. The fourth-order valence-corrected chi connectivity index (χ4v) is 1.46. The van der Waals surface area contributed by atoms with Gasteiger partial charge in [-0.25, -0.2) is 0 Å². The molecule has 1 aromatic carbocycles. The summed E-state index contributed by atoms with van der Waals surface area (Å²) < 4.78 is 37.3. The summed E-state index contributed by atoms with van der Waals surface area (Å²) in [6.07, 6.45) is -1.10. The maximum atomic E-state index is 12.4. The Morgan fingerprint density at radius 1 is 1.33 bits per heavy atom. The van der Waals surface area contributed by atoms with Crippen LogP contribution in [0.4, 0.5) is 13.2 Å². The van der Waals surface area contributed by atoms with Crippen molar-refractivity contribution in [1.29, 1.82) is 0 Å². The molecule has 0 saturated heterocycles. The van der Waals surface area contributed by atoms with Gasteiger partial charge in [0, 0.05) is 5.33 Å². The van der Waals surface area contributed by atoms with Crippen molar-refractivity contribution in [2.45, 2.75) is 6.18 Å². The topological polar surface area (TPSA) is 0 Å². The molecule has 0 radical (unpaired) electrons. The highest BCUT2D eigenvalue weighted by molar-refractivity contribution is 9.09. The minimum absolute atomic E-state index is 0.279.